The van der Waals surface area contributed by atoms with Gasteiger partial charge in [0.15, 0.2) is 0 Å². The van der Waals surface area contributed by atoms with Crippen LogP contribution < -0.4 is 5.32 Å². The molecule has 0 aromatic carbocycles. The van der Waals surface area contributed by atoms with E-state index < -0.39 is 0 Å². The Kier molecular flexibility index (Phi) is 3.68. The Morgan fingerprint density at radius 3 is 2.93 bits per heavy atom. The molecule has 1 heterocycles. The van der Waals surface area contributed by atoms with Crippen molar-refractivity contribution in [2.45, 2.75) is 33.6 Å². The minimum atomic E-state index is 0.0548. The van der Waals surface area contributed by atoms with Crippen molar-refractivity contribution in [3.63, 3.8) is 0 Å². The summed E-state index contributed by atoms with van der Waals surface area (Å²) in [6.07, 6.45) is 3.63. The monoisotopic (exact) mass is 195 g/mol. The molecule has 78 valence electrons. The number of nitrogens with one attached hydrogen (secondary N) is 2. The third kappa shape index (κ3) is 2.58. The summed E-state index contributed by atoms with van der Waals surface area (Å²) in [7, 11) is 0. The fourth-order valence-corrected chi connectivity index (χ4v) is 1.28. The number of anilines is 1. The average Bonchev–Trinajstić information content (AvgIpc) is 2.52. The minimum absolute atomic E-state index is 0.0548. The van der Waals surface area contributed by atoms with Crippen molar-refractivity contribution in [3.05, 3.63) is 11.8 Å². The van der Waals surface area contributed by atoms with Crippen molar-refractivity contribution < 1.29 is 4.79 Å². The lowest BCUT2D eigenvalue weighted by Gasteiger charge is -2.09. The molecule has 0 bridgehead atoms. The van der Waals surface area contributed by atoms with Crippen LogP contribution in [0, 0.1) is 12.8 Å². The Bertz CT molecular complexity index is 306. The van der Waals surface area contributed by atoms with Gasteiger partial charge in [0.05, 0.1) is 6.20 Å². The molecule has 0 saturated heterocycles. The van der Waals surface area contributed by atoms with E-state index in [1.165, 1.54) is 0 Å². The van der Waals surface area contributed by atoms with Crippen molar-refractivity contribution >= 4 is 11.7 Å². The number of nitrogens with zero attached hydrogens (tertiary/aromatic N) is 1. The zero-order valence-electron chi connectivity index (χ0n) is 8.92. The number of H-pyrrole nitrogens is 1. The third-order valence-corrected chi connectivity index (χ3v) is 2.25. The largest absolute Gasteiger partial charge is 0.311 e. The molecular formula is C10H17N3O. The first-order valence-corrected chi connectivity index (χ1v) is 4.96. The Morgan fingerprint density at radius 2 is 2.43 bits per heavy atom. The summed E-state index contributed by atoms with van der Waals surface area (Å²) in [5.74, 6) is 0.819. The van der Waals surface area contributed by atoms with Crippen molar-refractivity contribution in [3.8, 4) is 0 Å². The molecule has 1 rings (SSSR count). The average molecular weight is 195 g/mol. The van der Waals surface area contributed by atoms with Crippen LogP contribution >= 0.6 is 0 Å². The van der Waals surface area contributed by atoms with Crippen molar-refractivity contribution in [2.75, 3.05) is 5.32 Å². The smallest absolute Gasteiger partial charge is 0.228 e. The number of carbonyl (C=O) groups is 1. The normalized spacial score (nSPS) is 12.5. The van der Waals surface area contributed by atoms with E-state index in [2.05, 4.69) is 22.4 Å². The first-order valence-electron chi connectivity index (χ1n) is 4.96. The molecule has 0 aliphatic rings. The van der Waals surface area contributed by atoms with Crippen LogP contribution in [0.5, 0.6) is 0 Å². The summed E-state index contributed by atoms with van der Waals surface area (Å²) in [6.45, 7) is 5.92. The maximum Gasteiger partial charge on any atom is 0.228 e. The lowest BCUT2D eigenvalue weighted by atomic mass is 10.1. The standard InChI is InChI=1S/C10H17N3O/c1-4-5-7(2)10(14)12-9-8(3)6-11-13-9/h6-7H,4-5H2,1-3H3,(H2,11,12,13,14). The maximum absolute atomic E-state index is 11.6. The van der Waals surface area contributed by atoms with Crippen LogP contribution in [0.1, 0.15) is 32.3 Å². The van der Waals surface area contributed by atoms with Gasteiger partial charge in [0.2, 0.25) is 5.91 Å². The molecule has 0 radical (unpaired) electrons. The summed E-state index contributed by atoms with van der Waals surface area (Å²) >= 11 is 0. The molecule has 0 spiro atoms. The third-order valence-electron chi connectivity index (χ3n) is 2.25. The number of amides is 1. The molecular weight excluding hydrogens is 178 g/mol. The first kappa shape index (κ1) is 10.8. The lowest BCUT2D eigenvalue weighted by molar-refractivity contribution is -0.119. The van der Waals surface area contributed by atoms with Gasteiger partial charge in [-0.1, -0.05) is 20.3 Å². The number of aromatic amines is 1. The highest BCUT2D eigenvalue weighted by molar-refractivity contribution is 5.91. The number of aromatic nitrogens is 2. The van der Waals surface area contributed by atoms with E-state index in [9.17, 15) is 4.79 Å². The zero-order valence-corrected chi connectivity index (χ0v) is 8.92. The van der Waals surface area contributed by atoms with E-state index >= 15 is 0 Å². The number of hydrogen-bond acceptors (Lipinski definition) is 2. The molecule has 1 aromatic rings. The van der Waals surface area contributed by atoms with E-state index in [0.717, 1.165) is 18.4 Å². The molecule has 0 aliphatic carbocycles. The predicted molar refractivity (Wildman–Crippen MR) is 56.0 cm³/mol. The quantitative estimate of drug-likeness (QED) is 0.772. The fourth-order valence-electron chi connectivity index (χ4n) is 1.28. The molecule has 4 nitrogen and oxygen atoms in total. The molecule has 1 unspecified atom stereocenters. The van der Waals surface area contributed by atoms with E-state index in [0.29, 0.717) is 5.82 Å². The maximum atomic E-state index is 11.6. The SMILES string of the molecule is CCCC(C)C(=O)Nc1[nH]ncc1C. The van der Waals surface area contributed by atoms with Gasteiger partial charge in [0, 0.05) is 11.5 Å². The van der Waals surface area contributed by atoms with Gasteiger partial charge in [-0.2, -0.15) is 5.10 Å². The minimum Gasteiger partial charge on any atom is -0.311 e. The Balaban J connectivity index is 2.53. The van der Waals surface area contributed by atoms with Gasteiger partial charge in [-0.05, 0) is 13.3 Å². The van der Waals surface area contributed by atoms with Crippen LogP contribution in [0.2, 0.25) is 0 Å². The molecule has 4 heteroatoms. The topological polar surface area (TPSA) is 57.8 Å². The number of hydrogen-bond donors (Lipinski definition) is 2. The van der Waals surface area contributed by atoms with E-state index in [1.807, 2.05) is 13.8 Å². The van der Waals surface area contributed by atoms with Crippen LogP contribution in [-0.2, 0) is 4.79 Å². The summed E-state index contributed by atoms with van der Waals surface area (Å²) in [5.41, 5.74) is 0.960. The number of aryl methyl sites for hydroxylation is 1. The van der Waals surface area contributed by atoms with E-state index in [1.54, 1.807) is 6.20 Å². The van der Waals surface area contributed by atoms with Crippen LogP contribution in [0.25, 0.3) is 0 Å². The van der Waals surface area contributed by atoms with Gasteiger partial charge in [0.25, 0.3) is 0 Å². The van der Waals surface area contributed by atoms with Gasteiger partial charge in [-0.25, -0.2) is 0 Å². The summed E-state index contributed by atoms with van der Waals surface area (Å²) in [5, 5.41) is 9.41. The number of rotatable bonds is 4. The second-order valence-corrected chi connectivity index (χ2v) is 3.61. The van der Waals surface area contributed by atoms with Crippen LogP contribution in [0.15, 0.2) is 6.20 Å². The molecule has 14 heavy (non-hydrogen) atoms. The zero-order chi connectivity index (χ0) is 10.6. The van der Waals surface area contributed by atoms with Gasteiger partial charge < -0.3 is 5.32 Å². The van der Waals surface area contributed by atoms with Crippen LogP contribution in [-0.4, -0.2) is 16.1 Å². The van der Waals surface area contributed by atoms with Gasteiger partial charge in [0.1, 0.15) is 5.82 Å². The van der Waals surface area contributed by atoms with Crippen LogP contribution in [0.4, 0.5) is 5.82 Å². The highest BCUT2D eigenvalue weighted by atomic mass is 16.1. The summed E-state index contributed by atoms with van der Waals surface area (Å²) in [4.78, 5) is 11.6. The Hall–Kier alpha value is -1.32. The lowest BCUT2D eigenvalue weighted by Crippen LogP contribution is -2.20. The second-order valence-electron chi connectivity index (χ2n) is 3.61. The summed E-state index contributed by atoms with van der Waals surface area (Å²) < 4.78 is 0. The van der Waals surface area contributed by atoms with E-state index in [-0.39, 0.29) is 11.8 Å². The molecule has 1 amide bonds. The van der Waals surface area contributed by atoms with Gasteiger partial charge >= 0.3 is 0 Å². The van der Waals surface area contributed by atoms with E-state index in [4.69, 9.17) is 0 Å². The molecule has 0 fully saturated rings. The Morgan fingerprint density at radius 1 is 1.71 bits per heavy atom. The molecule has 1 aromatic heterocycles. The second kappa shape index (κ2) is 4.79. The van der Waals surface area contributed by atoms with Crippen molar-refractivity contribution in [2.24, 2.45) is 5.92 Å². The van der Waals surface area contributed by atoms with Crippen LogP contribution in [0.3, 0.4) is 0 Å². The molecule has 2 N–H and O–H groups in total. The van der Waals surface area contributed by atoms with Gasteiger partial charge in [-0.15, -0.1) is 0 Å². The fraction of sp³-hybridized carbons (Fsp3) is 0.600. The first-order chi connectivity index (χ1) is 6.65. The van der Waals surface area contributed by atoms with Crippen molar-refractivity contribution in [1.82, 2.24) is 10.2 Å². The molecule has 0 aliphatic heterocycles. The Labute approximate surface area is 84.1 Å². The van der Waals surface area contributed by atoms with Crippen molar-refractivity contribution in [1.29, 1.82) is 0 Å². The van der Waals surface area contributed by atoms with Gasteiger partial charge in [-0.3, -0.25) is 9.89 Å². The highest BCUT2D eigenvalue weighted by Crippen LogP contribution is 2.12. The number of carbonyl (C=O) groups excluding carboxylic acids is 1. The predicted octanol–water partition coefficient (Wildman–Crippen LogP) is 2.09. The highest BCUT2D eigenvalue weighted by Gasteiger charge is 2.13. The summed E-state index contributed by atoms with van der Waals surface area (Å²) in [6, 6.07) is 0. The molecule has 0 saturated carbocycles. The molecule has 1 atom stereocenters.